The van der Waals surface area contributed by atoms with Crippen LogP contribution in [0.1, 0.15) is 32.8 Å². The Labute approximate surface area is 118 Å². The second kappa shape index (κ2) is 5.22. The van der Waals surface area contributed by atoms with Gasteiger partial charge in [-0.05, 0) is 53.9 Å². The van der Waals surface area contributed by atoms with E-state index in [2.05, 4.69) is 67.1 Å². The SMILES string of the molecule is CCOC1CC(Nc2ccc(C)cc2Br)C1(C)C. The Hall–Kier alpha value is -0.540. The predicted octanol–water partition coefficient (Wildman–Crippen LogP) is 4.37. The third kappa shape index (κ3) is 2.57. The lowest BCUT2D eigenvalue weighted by Crippen LogP contribution is -2.58. The van der Waals surface area contributed by atoms with E-state index in [4.69, 9.17) is 4.74 Å². The van der Waals surface area contributed by atoms with Gasteiger partial charge >= 0.3 is 0 Å². The van der Waals surface area contributed by atoms with Gasteiger partial charge in [-0.2, -0.15) is 0 Å². The Bertz CT molecular complexity index is 431. The molecule has 0 heterocycles. The van der Waals surface area contributed by atoms with E-state index in [1.54, 1.807) is 0 Å². The molecule has 2 nitrogen and oxygen atoms in total. The summed E-state index contributed by atoms with van der Waals surface area (Å²) in [5, 5.41) is 3.63. The quantitative estimate of drug-likeness (QED) is 0.891. The van der Waals surface area contributed by atoms with Gasteiger partial charge in [-0.1, -0.05) is 19.9 Å². The van der Waals surface area contributed by atoms with Crippen molar-refractivity contribution in [2.45, 2.75) is 46.3 Å². The molecule has 1 saturated carbocycles. The Morgan fingerprint density at radius 3 is 2.72 bits per heavy atom. The Balaban J connectivity index is 2.03. The van der Waals surface area contributed by atoms with Crippen LogP contribution in [0.4, 0.5) is 5.69 Å². The molecule has 0 amide bonds. The largest absolute Gasteiger partial charge is 0.381 e. The summed E-state index contributed by atoms with van der Waals surface area (Å²) in [6, 6.07) is 6.91. The molecule has 2 atom stereocenters. The molecule has 0 aromatic heterocycles. The normalized spacial score (nSPS) is 25.6. The van der Waals surface area contributed by atoms with Crippen LogP contribution in [0, 0.1) is 12.3 Å². The van der Waals surface area contributed by atoms with Crippen LogP contribution in [0.2, 0.25) is 0 Å². The monoisotopic (exact) mass is 311 g/mol. The highest BCUT2D eigenvalue weighted by molar-refractivity contribution is 9.10. The lowest BCUT2D eigenvalue weighted by molar-refractivity contribution is -0.0976. The summed E-state index contributed by atoms with van der Waals surface area (Å²) >= 11 is 3.62. The fraction of sp³-hybridized carbons (Fsp3) is 0.600. The number of rotatable bonds is 4. The Morgan fingerprint density at radius 1 is 1.44 bits per heavy atom. The first-order chi connectivity index (χ1) is 8.45. The first kappa shape index (κ1) is 13.9. The number of nitrogens with one attached hydrogen (secondary N) is 1. The van der Waals surface area contributed by atoms with Crippen molar-refractivity contribution in [3.8, 4) is 0 Å². The van der Waals surface area contributed by atoms with E-state index in [1.807, 2.05) is 0 Å². The molecule has 0 bridgehead atoms. The van der Waals surface area contributed by atoms with Crippen LogP contribution in [-0.4, -0.2) is 18.8 Å². The lowest BCUT2D eigenvalue weighted by atomic mass is 9.64. The van der Waals surface area contributed by atoms with Crippen molar-refractivity contribution in [2.75, 3.05) is 11.9 Å². The van der Waals surface area contributed by atoms with Crippen LogP contribution >= 0.6 is 15.9 Å². The highest BCUT2D eigenvalue weighted by Gasteiger charge is 2.48. The lowest BCUT2D eigenvalue weighted by Gasteiger charge is -2.52. The van der Waals surface area contributed by atoms with Crippen molar-refractivity contribution in [1.29, 1.82) is 0 Å². The number of anilines is 1. The number of ether oxygens (including phenoxy) is 1. The molecular weight excluding hydrogens is 290 g/mol. The Morgan fingerprint density at radius 2 is 2.17 bits per heavy atom. The smallest absolute Gasteiger partial charge is 0.0665 e. The molecule has 1 aliphatic rings. The highest BCUT2D eigenvalue weighted by Crippen LogP contribution is 2.45. The zero-order valence-electron chi connectivity index (χ0n) is 11.6. The van der Waals surface area contributed by atoms with Gasteiger partial charge in [0, 0.05) is 28.2 Å². The summed E-state index contributed by atoms with van der Waals surface area (Å²) in [4.78, 5) is 0. The second-order valence-corrected chi connectivity index (χ2v) is 6.54. The van der Waals surface area contributed by atoms with Crippen molar-refractivity contribution in [3.05, 3.63) is 28.2 Å². The summed E-state index contributed by atoms with van der Waals surface area (Å²) in [5.41, 5.74) is 2.64. The number of hydrogen-bond acceptors (Lipinski definition) is 2. The minimum atomic E-state index is 0.195. The fourth-order valence-corrected chi connectivity index (χ4v) is 3.15. The van der Waals surface area contributed by atoms with Crippen LogP contribution in [-0.2, 0) is 4.74 Å². The van der Waals surface area contributed by atoms with E-state index in [0.717, 1.165) is 17.5 Å². The van der Waals surface area contributed by atoms with E-state index >= 15 is 0 Å². The van der Waals surface area contributed by atoms with E-state index in [-0.39, 0.29) is 5.41 Å². The molecule has 1 N–H and O–H groups in total. The standard InChI is InChI=1S/C15H22BrNO/c1-5-18-14-9-13(15(14,3)4)17-12-7-6-10(2)8-11(12)16/h6-8,13-14,17H,5,9H2,1-4H3. The van der Waals surface area contributed by atoms with Crippen LogP contribution in [0.5, 0.6) is 0 Å². The van der Waals surface area contributed by atoms with Crippen LogP contribution in [0.3, 0.4) is 0 Å². The molecule has 1 aliphatic carbocycles. The zero-order chi connectivity index (χ0) is 13.3. The average Bonchev–Trinajstić information content (AvgIpc) is 2.30. The van der Waals surface area contributed by atoms with Crippen LogP contribution < -0.4 is 5.32 Å². The van der Waals surface area contributed by atoms with E-state index in [0.29, 0.717) is 12.1 Å². The van der Waals surface area contributed by atoms with Gasteiger partial charge in [-0.25, -0.2) is 0 Å². The molecular formula is C15H22BrNO. The van der Waals surface area contributed by atoms with Crippen LogP contribution in [0.15, 0.2) is 22.7 Å². The van der Waals surface area contributed by atoms with Gasteiger partial charge in [0.15, 0.2) is 0 Å². The molecule has 2 rings (SSSR count). The number of aryl methyl sites for hydroxylation is 1. The Kier molecular flexibility index (Phi) is 4.02. The molecule has 18 heavy (non-hydrogen) atoms. The van der Waals surface area contributed by atoms with Crippen LogP contribution in [0.25, 0.3) is 0 Å². The summed E-state index contributed by atoms with van der Waals surface area (Å²) in [7, 11) is 0. The van der Waals surface area contributed by atoms with Gasteiger partial charge in [-0.3, -0.25) is 0 Å². The maximum absolute atomic E-state index is 5.76. The van der Waals surface area contributed by atoms with Gasteiger partial charge in [0.2, 0.25) is 0 Å². The summed E-state index contributed by atoms with van der Waals surface area (Å²) in [6.45, 7) is 9.52. The second-order valence-electron chi connectivity index (χ2n) is 5.68. The number of benzene rings is 1. The van der Waals surface area contributed by atoms with Crippen molar-refractivity contribution >= 4 is 21.6 Å². The van der Waals surface area contributed by atoms with Crippen molar-refractivity contribution in [2.24, 2.45) is 5.41 Å². The predicted molar refractivity (Wildman–Crippen MR) is 80.1 cm³/mol. The van der Waals surface area contributed by atoms with Crippen molar-refractivity contribution in [1.82, 2.24) is 0 Å². The average molecular weight is 312 g/mol. The fourth-order valence-electron chi connectivity index (χ4n) is 2.54. The van der Waals surface area contributed by atoms with Crippen molar-refractivity contribution < 1.29 is 4.74 Å². The minimum Gasteiger partial charge on any atom is -0.381 e. The third-order valence-corrected chi connectivity index (χ3v) is 4.66. The third-order valence-electron chi connectivity index (χ3n) is 4.00. The topological polar surface area (TPSA) is 21.3 Å². The van der Waals surface area contributed by atoms with Gasteiger partial charge in [0.25, 0.3) is 0 Å². The van der Waals surface area contributed by atoms with E-state index in [1.165, 1.54) is 11.3 Å². The first-order valence-corrected chi connectivity index (χ1v) is 7.38. The first-order valence-electron chi connectivity index (χ1n) is 6.59. The molecule has 3 heteroatoms. The molecule has 1 fully saturated rings. The number of hydrogen-bond donors (Lipinski definition) is 1. The summed E-state index contributed by atoms with van der Waals surface area (Å²) < 4.78 is 6.90. The highest BCUT2D eigenvalue weighted by atomic mass is 79.9. The van der Waals surface area contributed by atoms with Gasteiger partial charge < -0.3 is 10.1 Å². The molecule has 1 aromatic rings. The molecule has 0 aliphatic heterocycles. The summed E-state index contributed by atoms with van der Waals surface area (Å²) in [6.07, 6.45) is 1.46. The molecule has 1 aromatic carbocycles. The molecule has 100 valence electrons. The van der Waals surface area contributed by atoms with E-state index in [9.17, 15) is 0 Å². The molecule has 0 radical (unpaired) electrons. The maximum atomic E-state index is 5.76. The van der Waals surface area contributed by atoms with Gasteiger partial charge in [0.05, 0.1) is 6.10 Å². The summed E-state index contributed by atoms with van der Waals surface area (Å²) in [5.74, 6) is 0. The molecule has 0 saturated heterocycles. The zero-order valence-corrected chi connectivity index (χ0v) is 13.2. The number of halogens is 1. The van der Waals surface area contributed by atoms with E-state index < -0.39 is 0 Å². The molecule has 2 unspecified atom stereocenters. The maximum Gasteiger partial charge on any atom is 0.0665 e. The van der Waals surface area contributed by atoms with Gasteiger partial charge in [-0.15, -0.1) is 0 Å². The van der Waals surface area contributed by atoms with Gasteiger partial charge in [0.1, 0.15) is 0 Å². The van der Waals surface area contributed by atoms with Crippen molar-refractivity contribution in [3.63, 3.8) is 0 Å². The minimum absolute atomic E-state index is 0.195. The molecule has 0 spiro atoms.